The summed E-state index contributed by atoms with van der Waals surface area (Å²) in [5.41, 5.74) is -0.860. The summed E-state index contributed by atoms with van der Waals surface area (Å²) >= 11 is 0. The zero-order valence-corrected chi connectivity index (χ0v) is 10.7. The maximum absolute atomic E-state index is 12.0. The molecule has 0 saturated carbocycles. The highest BCUT2D eigenvalue weighted by molar-refractivity contribution is 5.89. The minimum Gasteiger partial charge on any atom is -0.480 e. The van der Waals surface area contributed by atoms with Gasteiger partial charge in [-0.05, 0) is 25.7 Å². The summed E-state index contributed by atoms with van der Waals surface area (Å²) in [5.74, 6) is -1.40. The molecule has 1 aliphatic rings. The number of hydrogen-bond acceptors (Lipinski definition) is 3. The first-order valence-electron chi connectivity index (χ1n) is 6.08. The van der Waals surface area contributed by atoms with Crippen molar-refractivity contribution >= 4 is 11.9 Å². The van der Waals surface area contributed by atoms with E-state index in [0.29, 0.717) is 19.4 Å². The Labute approximate surface area is 102 Å². The average molecular weight is 243 g/mol. The van der Waals surface area contributed by atoms with Crippen molar-refractivity contribution in [2.24, 2.45) is 5.92 Å². The van der Waals surface area contributed by atoms with Crippen LogP contribution in [0.5, 0.6) is 0 Å². The molecule has 3 atom stereocenters. The van der Waals surface area contributed by atoms with Crippen LogP contribution in [0.15, 0.2) is 0 Å². The second kappa shape index (κ2) is 5.49. The molecule has 1 amide bonds. The van der Waals surface area contributed by atoms with E-state index in [0.717, 1.165) is 6.42 Å². The Hall–Kier alpha value is -1.10. The number of nitrogens with one attached hydrogen (secondary N) is 1. The molecule has 0 aromatic heterocycles. The molecule has 5 heteroatoms. The van der Waals surface area contributed by atoms with E-state index in [1.54, 1.807) is 6.92 Å². The zero-order chi connectivity index (χ0) is 13.1. The second-order valence-corrected chi connectivity index (χ2v) is 4.86. The predicted molar refractivity (Wildman–Crippen MR) is 62.6 cm³/mol. The van der Waals surface area contributed by atoms with Crippen LogP contribution in [-0.2, 0) is 14.3 Å². The Morgan fingerprint density at radius 1 is 1.53 bits per heavy atom. The van der Waals surface area contributed by atoms with Crippen LogP contribution in [0, 0.1) is 5.92 Å². The van der Waals surface area contributed by atoms with E-state index in [1.807, 2.05) is 13.8 Å². The molecule has 1 aliphatic heterocycles. The van der Waals surface area contributed by atoms with Gasteiger partial charge in [-0.3, -0.25) is 4.79 Å². The minimum absolute atomic E-state index is 0.0959. The number of carboxylic acids is 1. The van der Waals surface area contributed by atoms with E-state index in [-0.39, 0.29) is 11.8 Å². The molecular weight excluding hydrogens is 222 g/mol. The van der Waals surface area contributed by atoms with Gasteiger partial charge in [0.1, 0.15) is 11.6 Å². The third-order valence-electron chi connectivity index (χ3n) is 3.46. The Balaban J connectivity index is 2.67. The lowest BCUT2D eigenvalue weighted by Crippen LogP contribution is -2.52. The summed E-state index contributed by atoms with van der Waals surface area (Å²) in [6, 6.07) is -0.839. The molecule has 17 heavy (non-hydrogen) atoms. The highest BCUT2D eigenvalue weighted by atomic mass is 16.5. The fourth-order valence-electron chi connectivity index (χ4n) is 1.94. The Morgan fingerprint density at radius 2 is 2.18 bits per heavy atom. The van der Waals surface area contributed by atoms with Crippen molar-refractivity contribution in [2.75, 3.05) is 6.61 Å². The van der Waals surface area contributed by atoms with E-state index in [9.17, 15) is 9.59 Å². The van der Waals surface area contributed by atoms with E-state index >= 15 is 0 Å². The maximum atomic E-state index is 12.0. The van der Waals surface area contributed by atoms with Gasteiger partial charge in [-0.2, -0.15) is 0 Å². The normalized spacial score (nSPS) is 27.5. The van der Waals surface area contributed by atoms with Crippen LogP contribution >= 0.6 is 0 Å². The van der Waals surface area contributed by atoms with Gasteiger partial charge in [-0.25, -0.2) is 4.79 Å². The predicted octanol–water partition coefficient (Wildman–Crippen LogP) is 1.17. The molecular formula is C12H21NO4. The fourth-order valence-corrected chi connectivity index (χ4v) is 1.94. The Kier molecular flexibility index (Phi) is 4.51. The summed E-state index contributed by atoms with van der Waals surface area (Å²) in [4.78, 5) is 23.1. The first-order chi connectivity index (χ1) is 7.90. The third-order valence-corrected chi connectivity index (χ3v) is 3.46. The van der Waals surface area contributed by atoms with Crippen molar-refractivity contribution in [2.45, 2.75) is 51.7 Å². The van der Waals surface area contributed by atoms with E-state index in [1.165, 1.54) is 0 Å². The number of carbonyl (C=O) groups excluding carboxylic acids is 1. The molecule has 0 aromatic rings. The van der Waals surface area contributed by atoms with Gasteiger partial charge >= 0.3 is 5.97 Å². The highest BCUT2D eigenvalue weighted by Crippen LogP contribution is 2.25. The Bertz CT molecular complexity index is 297. The van der Waals surface area contributed by atoms with Crippen molar-refractivity contribution in [3.63, 3.8) is 0 Å². The van der Waals surface area contributed by atoms with Crippen LogP contribution in [0.25, 0.3) is 0 Å². The van der Waals surface area contributed by atoms with Crippen LogP contribution in [-0.4, -0.2) is 35.2 Å². The van der Waals surface area contributed by atoms with E-state index in [2.05, 4.69) is 5.32 Å². The first kappa shape index (κ1) is 14.0. The monoisotopic (exact) mass is 243 g/mol. The molecule has 5 nitrogen and oxygen atoms in total. The van der Waals surface area contributed by atoms with Crippen LogP contribution in [0.4, 0.5) is 0 Å². The van der Waals surface area contributed by atoms with Crippen LogP contribution in [0.3, 0.4) is 0 Å². The van der Waals surface area contributed by atoms with Crippen molar-refractivity contribution in [1.29, 1.82) is 0 Å². The number of rotatable bonds is 5. The van der Waals surface area contributed by atoms with E-state index in [4.69, 9.17) is 9.84 Å². The lowest BCUT2D eigenvalue weighted by Gasteiger charge is -2.27. The standard InChI is InChI=1S/C12H21NO4/c1-4-8(2)9(10(14)15)13-11(16)12(3)6-5-7-17-12/h8-9H,4-7H2,1-3H3,(H,13,16)(H,14,15). The molecule has 1 saturated heterocycles. The Morgan fingerprint density at radius 3 is 2.59 bits per heavy atom. The number of hydrogen-bond donors (Lipinski definition) is 2. The average Bonchev–Trinajstić information content (AvgIpc) is 2.72. The summed E-state index contributed by atoms with van der Waals surface area (Å²) < 4.78 is 5.39. The molecule has 0 spiro atoms. The maximum Gasteiger partial charge on any atom is 0.326 e. The molecule has 98 valence electrons. The van der Waals surface area contributed by atoms with Crippen molar-refractivity contribution in [3.8, 4) is 0 Å². The minimum atomic E-state index is -0.991. The fraction of sp³-hybridized carbons (Fsp3) is 0.833. The molecule has 0 aromatic carbocycles. The molecule has 3 unspecified atom stereocenters. The second-order valence-electron chi connectivity index (χ2n) is 4.86. The SMILES string of the molecule is CCC(C)C(NC(=O)C1(C)CCCO1)C(=O)O. The molecule has 1 fully saturated rings. The van der Waals surface area contributed by atoms with Gasteiger partial charge in [-0.15, -0.1) is 0 Å². The molecule has 0 aliphatic carbocycles. The topological polar surface area (TPSA) is 75.6 Å². The van der Waals surface area contributed by atoms with Gasteiger partial charge < -0.3 is 15.2 Å². The molecule has 0 radical (unpaired) electrons. The summed E-state index contributed by atoms with van der Waals surface area (Å²) in [6.07, 6.45) is 2.19. The van der Waals surface area contributed by atoms with E-state index < -0.39 is 17.6 Å². The van der Waals surface area contributed by atoms with Gasteiger partial charge in [-0.1, -0.05) is 20.3 Å². The smallest absolute Gasteiger partial charge is 0.326 e. The quantitative estimate of drug-likeness (QED) is 0.760. The first-order valence-corrected chi connectivity index (χ1v) is 6.08. The van der Waals surface area contributed by atoms with Gasteiger partial charge in [0.05, 0.1) is 0 Å². The van der Waals surface area contributed by atoms with Gasteiger partial charge in [0.2, 0.25) is 0 Å². The number of amides is 1. The lowest BCUT2D eigenvalue weighted by molar-refractivity contribution is -0.148. The highest BCUT2D eigenvalue weighted by Gasteiger charge is 2.40. The van der Waals surface area contributed by atoms with Crippen LogP contribution in [0.1, 0.15) is 40.0 Å². The lowest BCUT2D eigenvalue weighted by atomic mass is 9.96. The van der Waals surface area contributed by atoms with Crippen molar-refractivity contribution in [1.82, 2.24) is 5.32 Å². The van der Waals surface area contributed by atoms with Gasteiger partial charge in [0.15, 0.2) is 0 Å². The number of aliphatic carboxylic acids is 1. The van der Waals surface area contributed by atoms with Crippen molar-refractivity contribution in [3.05, 3.63) is 0 Å². The molecule has 0 bridgehead atoms. The van der Waals surface area contributed by atoms with Gasteiger partial charge in [0, 0.05) is 6.61 Å². The summed E-state index contributed by atoms with van der Waals surface area (Å²) in [5, 5.41) is 11.7. The molecule has 1 heterocycles. The summed E-state index contributed by atoms with van der Waals surface area (Å²) in [6.45, 7) is 5.99. The molecule has 1 rings (SSSR count). The van der Waals surface area contributed by atoms with Crippen molar-refractivity contribution < 1.29 is 19.4 Å². The largest absolute Gasteiger partial charge is 0.480 e. The number of ether oxygens (including phenoxy) is 1. The molecule has 2 N–H and O–H groups in total. The van der Waals surface area contributed by atoms with Gasteiger partial charge in [0.25, 0.3) is 5.91 Å². The number of carbonyl (C=O) groups is 2. The van der Waals surface area contributed by atoms with Crippen LogP contribution in [0.2, 0.25) is 0 Å². The number of carboxylic acid groups (broad SMARTS) is 1. The summed E-state index contributed by atoms with van der Waals surface area (Å²) in [7, 11) is 0. The third kappa shape index (κ3) is 3.19. The zero-order valence-electron chi connectivity index (χ0n) is 10.7. The van der Waals surface area contributed by atoms with Crippen LogP contribution < -0.4 is 5.32 Å².